The molecule has 2 aliphatic heterocycles. The number of hydrogen-bond donors (Lipinski definition) is 1. The SMILES string of the molecule is CCN(C(=O)CN1CC(c2ccc3c(c2)OCO3)[C@H](C(=O)O)[C@H]1c1ccc(OC)cc1)C1CCCC1. The van der Waals surface area contributed by atoms with Gasteiger partial charge in [0.25, 0.3) is 0 Å². The smallest absolute Gasteiger partial charge is 0.309 e. The van der Waals surface area contributed by atoms with Gasteiger partial charge < -0.3 is 24.2 Å². The molecule has 2 heterocycles. The van der Waals surface area contributed by atoms with Crippen LogP contribution in [0.3, 0.4) is 0 Å². The molecule has 0 aromatic heterocycles. The van der Waals surface area contributed by atoms with Gasteiger partial charge >= 0.3 is 5.97 Å². The fourth-order valence-electron chi connectivity index (χ4n) is 6.19. The second-order valence-corrected chi connectivity index (χ2v) is 9.85. The minimum absolute atomic E-state index is 0.0680. The van der Waals surface area contributed by atoms with E-state index in [1.165, 1.54) is 0 Å². The van der Waals surface area contributed by atoms with Gasteiger partial charge in [-0.3, -0.25) is 14.5 Å². The Kier molecular flexibility index (Phi) is 7.05. The second-order valence-electron chi connectivity index (χ2n) is 9.85. The van der Waals surface area contributed by atoms with E-state index in [1.54, 1.807) is 7.11 Å². The second kappa shape index (κ2) is 10.4. The first kappa shape index (κ1) is 24.4. The maximum atomic E-state index is 13.5. The summed E-state index contributed by atoms with van der Waals surface area (Å²) in [6.07, 6.45) is 4.39. The molecule has 1 saturated carbocycles. The average molecular weight is 495 g/mol. The van der Waals surface area contributed by atoms with Crippen molar-refractivity contribution in [3.63, 3.8) is 0 Å². The molecule has 5 rings (SSSR count). The number of carbonyl (C=O) groups is 2. The van der Waals surface area contributed by atoms with Gasteiger partial charge in [0.15, 0.2) is 11.5 Å². The summed E-state index contributed by atoms with van der Waals surface area (Å²) in [5.41, 5.74) is 1.74. The van der Waals surface area contributed by atoms with Crippen LogP contribution in [0.25, 0.3) is 0 Å². The van der Waals surface area contributed by atoms with Crippen LogP contribution in [0.5, 0.6) is 17.2 Å². The van der Waals surface area contributed by atoms with Crippen molar-refractivity contribution >= 4 is 11.9 Å². The van der Waals surface area contributed by atoms with Crippen molar-refractivity contribution < 1.29 is 28.9 Å². The van der Waals surface area contributed by atoms with Gasteiger partial charge in [-0.25, -0.2) is 0 Å². The third kappa shape index (κ3) is 4.62. The molecule has 1 N–H and O–H groups in total. The molecule has 1 saturated heterocycles. The number of rotatable bonds is 8. The van der Waals surface area contributed by atoms with E-state index in [0.29, 0.717) is 30.3 Å². The van der Waals surface area contributed by atoms with Gasteiger partial charge in [-0.1, -0.05) is 31.0 Å². The zero-order valence-electron chi connectivity index (χ0n) is 20.9. The van der Waals surface area contributed by atoms with Crippen LogP contribution in [0.4, 0.5) is 0 Å². The van der Waals surface area contributed by atoms with E-state index in [1.807, 2.05) is 54.3 Å². The summed E-state index contributed by atoms with van der Waals surface area (Å²) in [7, 11) is 1.60. The summed E-state index contributed by atoms with van der Waals surface area (Å²) in [6.45, 7) is 3.50. The summed E-state index contributed by atoms with van der Waals surface area (Å²) in [6, 6.07) is 13.0. The largest absolute Gasteiger partial charge is 0.497 e. The van der Waals surface area contributed by atoms with Gasteiger partial charge in [-0.05, 0) is 55.2 Å². The number of likely N-dealkylation sites (tertiary alicyclic amines) is 1. The lowest BCUT2D eigenvalue weighted by Crippen LogP contribution is -2.45. The Morgan fingerprint density at radius 2 is 1.75 bits per heavy atom. The number of aliphatic carboxylic acids is 1. The Morgan fingerprint density at radius 1 is 1.06 bits per heavy atom. The van der Waals surface area contributed by atoms with Gasteiger partial charge in [0.05, 0.1) is 19.6 Å². The number of likely N-dealkylation sites (N-methyl/N-ethyl adjacent to an activating group) is 1. The molecule has 2 aromatic rings. The summed E-state index contributed by atoms with van der Waals surface area (Å²) >= 11 is 0. The van der Waals surface area contributed by atoms with Crippen LogP contribution in [0.2, 0.25) is 0 Å². The van der Waals surface area contributed by atoms with E-state index in [9.17, 15) is 14.7 Å². The quantitative estimate of drug-likeness (QED) is 0.592. The highest BCUT2D eigenvalue weighted by Crippen LogP contribution is 2.48. The molecule has 0 radical (unpaired) electrons. The molecular formula is C28H34N2O6. The highest BCUT2D eigenvalue weighted by atomic mass is 16.7. The molecule has 3 atom stereocenters. The van der Waals surface area contributed by atoms with Crippen molar-refractivity contribution in [1.82, 2.24) is 9.80 Å². The topological polar surface area (TPSA) is 88.5 Å². The van der Waals surface area contributed by atoms with Crippen molar-refractivity contribution in [3.05, 3.63) is 53.6 Å². The molecule has 1 unspecified atom stereocenters. The van der Waals surface area contributed by atoms with Gasteiger partial charge in [-0.2, -0.15) is 0 Å². The predicted molar refractivity (Wildman–Crippen MR) is 133 cm³/mol. The van der Waals surface area contributed by atoms with Crippen LogP contribution < -0.4 is 14.2 Å². The number of benzene rings is 2. The first-order chi connectivity index (χ1) is 17.5. The van der Waals surface area contributed by atoms with Gasteiger partial charge in [-0.15, -0.1) is 0 Å². The summed E-state index contributed by atoms with van der Waals surface area (Å²) < 4.78 is 16.3. The summed E-state index contributed by atoms with van der Waals surface area (Å²) in [4.78, 5) is 30.3. The van der Waals surface area contributed by atoms with Gasteiger partial charge in [0, 0.05) is 31.1 Å². The molecule has 8 nitrogen and oxygen atoms in total. The Labute approximate surface area is 211 Å². The molecule has 1 amide bonds. The molecule has 3 aliphatic rings. The van der Waals surface area contributed by atoms with E-state index in [4.69, 9.17) is 14.2 Å². The van der Waals surface area contributed by atoms with E-state index in [-0.39, 0.29) is 31.2 Å². The van der Waals surface area contributed by atoms with Crippen LogP contribution >= 0.6 is 0 Å². The molecule has 0 spiro atoms. The Bertz CT molecular complexity index is 1100. The van der Waals surface area contributed by atoms with Crippen LogP contribution in [-0.4, -0.2) is 66.4 Å². The predicted octanol–water partition coefficient (Wildman–Crippen LogP) is 4.06. The van der Waals surface area contributed by atoms with E-state index in [2.05, 4.69) is 4.90 Å². The van der Waals surface area contributed by atoms with Crippen LogP contribution in [0.1, 0.15) is 55.7 Å². The zero-order chi connectivity index (χ0) is 25.2. The molecule has 0 bridgehead atoms. The maximum absolute atomic E-state index is 13.5. The van der Waals surface area contributed by atoms with E-state index < -0.39 is 17.9 Å². The highest BCUT2D eigenvalue weighted by Gasteiger charge is 2.48. The van der Waals surface area contributed by atoms with Gasteiger partial charge in [0.2, 0.25) is 12.7 Å². The highest BCUT2D eigenvalue weighted by molar-refractivity contribution is 5.79. The van der Waals surface area contributed by atoms with E-state index >= 15 is 0 Å². The average Bonchev–Trinajstić information content (AvgIpc) is 3.64. The first-order valence-electron chi connectivity index (χ1n) is 12.8. The lowest BCUT2D eigenvalue weighted by atomic mass is 9.82. The lowest BCUT2D eigenvalue weighted by molar-refractivity contribution is -0.144. The van der Waals surface area contributed by atoms with E-state index in [0.717, 1.165) is 36.8 Å². The van der Waals surface area contributed by atoms with Crippen molar-refractivity contribution in [3.8, 4) is 17.2 Å². The van der Waals surface area contributed by atoms with Crippen LogP contribution in [0.15, 0.2) is 42.5 Å². The molecule has 192 valence electrons. The van der Waals surface area contributed by atoms with Crippen molar-refractivity contribution in [1.29, 1.82) is 0 Å². The Hall–Kier alpha value is -3.26. The van der Waals surface area contributed by atoms with Crippen LogP contribution in [-0.2, 0) is 9.59 Å². The number of carbonyl (C=O) groups excluding carboxylic acids is 1. The number of hydrogen-bond acceptors (Lipinski definition) is 6. The molecule has 8 heteroatoms. The zero-order valence-corrected chi connectivity index (χ0v) is 20.9. The molecular weight excluding hydrogens is 460 g/mol. The van der Waals surface area contributed by atoms with Crippen molar-refractivity contribution in [2.24, 2.45) is 5.92 Å². The monoisotopic (exact) mass is 494 g/mol. The maximum Gasteiger partial charge on any atom is 0.309 e. The fourth-order valence-corrected chi connectivity index (χ4v) is 6.19. The normalized spacial score (nSPS) is 23.7. The number of ether oxygens (including phenoxy) is 3. The van der Waals surface area contributed by atoms with Crippen LogP contribution in [0, 0.1) is 5.92 Å². The number of methoxy groups -OCH3 is 1. The van der Waals surface area contributed by atoms with Gasteiger partial charge in [0.1, 0.15) is 5.75 Å². The third-order valence-electron chi connectivity index (χ3n) is 7.93. The third-order valence-corrected chi connectivity index (χ3v) is 7.93. The Morgan fingerprint density at radius 3 is 2.42 bits per heavy atom. The summed E-state index contributed by atoms with van der Waals surface area (Å²) in [5.74, 6) is 0.154. The number of fused-ring (bicyclic) bond motifs is 1. The number of amides is 1. The molecule has 2 fully saturated rings. The Balaban J connectivity index is 1.49. The number of nitrogens with zero attached hydrogens (tertiary/aromatic N) is 2. The lowest BCUT2D eigenvalue weighted by Gasteiger charge is -2.32. The van der Waals surface area contributed by atoms with Crippen molar-refractivity contribution in [2.75, 3.05) is 33.5 Å². The summed E-state index contributed by atoms with van der Waals surface area (Å²) in [5, 5.41) is 10.4. The minimum atomic E-state index is -0.878. The first-order valence-corrected chi connectivity index (χ1v) is 12.8. The molecule has 2 aromatic carbocycles. The minimum Gasteiger partial charge on any atom is -0.497 e. The van der Waals surface area contributed by atoms with Crippen molar-refractivity contribution in [2.45, 2.75) is 50.6 Å². The standard InChI is InChI=1S/C28H34N2O6/c1-3-30(20-6-4-5-7-20)25(31)16-29-15-22(19-10-13-23-24(14-19)36-17-35-23)26(28(32)33)27(29)18-8-11-21(34-2)12-9-18/h8-14,20,22,26-27H,3-7,15-17H2,1-2H3,(H,32,33)/t22?,26-,27+/m0/s1. The fraction of sp³-hybridized carbons (Fsp3) is 0.500. The molecule has 1 aliphatic carbocycles. The molecule has 36 heavy (non-hydrogen) atoms. The number of carboxylic acid groups (broad SMARTS) is 1. The number of carboxylic acids is 1.